The van der Waals surface area contributed by atoms with Crippen LogP contribution in [0.25, 0.3) is 0 Å². The van der Waals surface area contributed by atoms with Gasteiger partial charge in [0.2, 0.25) is 0 Å². The number of halogens is 1. The van der Waals surface area contributed by atoms with Crippen LogP contribution >= 0.6 is 11.8 Å². The fourth-order valence-corrected chi connectivity index (χ4v) is 3.93. The Kier molecular flexibility index (Phi) is 5.82. The van der Waals surface area contributed by atoms with E-state index in [-0.39, 0.29) is 5.82 Å². The molecule has 0 unspecified atom stereocenters. The van der Waals surface area contributed by atoms with Crippen LogP contribution in [-0.4, -0.2) is 24.7 Å². The SMILES string of the molecule is Fc1cccc(Cc2nnc(SCc3ccccc3)n2CCc2c[nH]cn2)c1. The van der Waals surface area contributed by atoms with Crippen LogP contribution in [0.5, 0.6) is 0 Å². The Morgan fingerprint density at radius 3 is 2.64 bits per heavy atom. The second-order valence-corrected chi connectivity index (χ2v) is 7.38. The molecular formula is C21H20FN5S. The van der Waals surface area contributed by atoms with E-state index in [4.69, 9.17) is 0 Å². The van der Waals surface area contributed by atoms with Gasteiger partial charge in [-0.25, -0.2) is 9.37 Å². The minimum absolute atomic E-state index is 0.237. The van der Waals surface area contributed by atoms with Crippen LogP contribution in [0, 0.1) is 5.82 Å². The average molecular weight is 393 g/mol. The van der Waals surface area contributed by atoms with Gasteiger partial charge in [0.05, 0.1) is 12.0 Å². The first-order valence-electron chi connectivity index (χ1n) is 9.09. The van der Waals surface area contributed by atoms with E-state index in [0.29, 0.717) is 6.42 Å². The predicted molar refractivity (Wildman–Crippen MR) is 108 cm³/mol. The van der Waals surface area contributed by atoms with Gasteiger partial charge < -0.3 is 9.55 Å². The predicted octanol–water partition coefficient (Wildman–Crippen LogP) is 4.27. The smallest absolute Gasteiger partial charge is 0.191 e. The molecule has 2 aromatic carbocycles. The molecule has 142 valence electrons. The van der Waals surface area contributed by atoms with Gasteiger partial charge in [-0.1, -0.05) is 54.2 Å². The van der Waals surface area contributed by atoms with Gasteiger partial charge >= 0.3 is 0 Å². The first-order chi connectivity index (χ1) is 13.8. The van der Waals surface area contributed by atoms with Crippen LogP contribution < -0.4 is 0 Å². The van der Waals surface area contributed by atoms with E-state index in [1.54, 1.807) is 30.2 Å². The van der Waals surface area contributed by atoms with E-state index >= 15 is 0 Å². The van der Waals surface area contributed by atoms with Crippen molar-refractivity contribution in [3.8, 4) is 0 Å². The molecule has 1 N–H and O–H groups in total. The maximum atomic E-state index is 13.6. The Morgan fingerprint density at radius 1 is 1.00 bits per heavy atom. The normalized spacial score (nSPS) is 11.0. The van der Waals surface area contributed by atoms with Crippen molar-refractivity contribution in [2.75, 3.05) is 0 Å². The number of aromatic amines is 1. The lowest BCUT2D eigenvalue weighted by Crippen LogP contribution is -2.09. The first kappa shape index (κ1) is 18.4. The number of aromatic nitrogens is 5. The molecule has 4 rings (SSSR count). The number of rotatable bonds is 8. The number of hydrogen-bond acceptors (Lipinski definition) is 4. The van der Waals surface area contributed by atoms with Gasteiger partial charge in [-0.2, -0.15) is 0 Å². The van der Waals surface area contributed by atoms with Crippen LogP contribution in [0.1, 0.15) is 22.6 Å². The lowest BCUT2D eigenvalue weighted by atomic mass is 10.1. The molecule has 4 aromatic rings. The number of imidazole rings is 1. The molecule has 2 heterocycles. The summed E-state index contributed by atoms with van der Waals surface area (Å²) >= 11 is 1.66. The van der Waals surface area contributed by atoms with Crippen molar-refractivity contribution in [1.29, 1.82) is 0 Å². The molecule has 0 aliphatic rings. The first-order valence-corrected chi connectivity index (χ1v) is 10.1. The van der Waals surface area contributed by atoms with Crippen molar-refractivity contribution in [1.82, 2.24) is 24.7 Å². The van der Waals surface area contributed by atoms with Crippen molar-refractivity contribution in [3.63, 3.8) is 0 Å². The molecule has 0 aliphatic carbocycles. The lowest BCUT2D eigenvalue weighted by molar-refractivity contribution is 0.602. The molecule has 0 amide bonds. The summed E-state index contributed by atoms with van der Waals surface area (Å²) in [5, 5.41) is 9.66. The Balaban J connectivity index is 1.54. The third-order valence-electron chi connectivity index (χ3n) is 4.40. The van der Waals surface area contributed by atoms with Gasteiger partial charge in [-0.3, -0.25) is 0 Å². The number of benzene rings is 2. The largest absolute Gasteiger partial charge is 0.351 e. The topological polar surface area (TPSA) is 59.4 Å². The highest BCUT2D eigenvalue weighted by molar-refractivity contribution is 7.98. The van der Waals surface area contributed by atoms with Gasteiger partial charge in [0.25, 0.3) is 0 Å². The number of nitrogens with one attached hydrogen (secondary N) is 1. The summed E-state index contributed by atoms with van der Waals surface area (Å²) in [5.74, 6) is 1.41. The molecule has 0 bridgehead atoms. The highest BCUT2D eigenvalue weighted by atomic mass is 32.2. The molecule has 0 atom stereocenters. The van der Waals surface area contributed by atoms with Crippen molar-refractivity contribution in [2.24, 2.45) is 0 Å². The van der Waals surface area contributed by atoms with Crippen LogP contribution in [0.3, 0.4) is 0 Å². The molecule has 0 spiro atoms. The number of hydrogen-bond donors (Lipinski definition) is 1. The lowest BCUT2D eigenvalue weighted by Gasteiger charge is -2.10. The third kappa shape index (κ3) is 4.67. The van der Waals surface area contributed by atoms with E-state index in [0.717, 1.165) is 41.0 Å². The molecule has 0 radical (unpaired) electrons. The van der Waals surface area contributed by atoms with Crippen LogP contribution in [0.15, 0.2) is 72.3 Å². The van der Waals surface area contributed by atoms with E-state index < -0.39 is 0 Å². The molecular weight excluding hydrogens is 373 g/mol. The zero-order valence-corrected chi connectivity index (χ0v) is 16.1. The molecule has 0 fully saturated rings. The van der Waals surface area contributed by atoms with Gasteiger partial charge in [-0.15, -0.1) is 10.2 Å². The van der Waals surface area contributed by atoms with E-state index in [1.807, 2.05) is 30.5 Å². The van der Waals surface area contributed by atoms with E-state index in [1.165, 1.54) is 11.6 Å². The Hall–Kier alpha value is -2.93. The van der Waals surface area contributed by atoms with Crippen LogP contribution in [0.4, 0.5) is 4.39 Å². The average Bonchev–Trinajstić information content (AvgIpc) is 3.36. The summed E-state index contributed by atoms with van der Waals surface area (Å²) in [4.78, 5) is 7.28. The molecule has 0 saturated carbocycles. The zero-order valence-electron chi connectivity index (χ0n) is 15.3. The molecule has 2 aromatic heterocycles. The maximum absolute atomic E-state index is 13.6. The number of thioether (sulfide) groups is 1. The fourth-order valence-electron chi connectivity index (χ4n) is 2.99. The second-order valence-electron chi connectivity index (χ2n) is 6.44. The maximum Gasteiger partial charge on any atom is 0.191 e. The Bertz CT molecular complexity index is 1010. The highest BCUT2D eigenvalue weighted by Gasteiger charge is 2.14. The summed E-state index contributed by atoms with van der Waals surface area (Å²) in [6.07, 6.45) is 4.89. The number of H-pyrrole nitrogens is 1. The molecule has 28 heavy (non-hydrogen) atoms. The monoisotopic (exact) mass is 393 g/mol. The minimum Gasteiger partial charge on any atom is -0.351 e. The van der Waals surface area contributed by atoms with Gasteiger partial charge in [0.15, 0.2) is 5.16 Å². The number of nitrogens with zero attached hydrogens (tertiary/aromatic N) is 4. The van der Waals surface area contributed by atoms with E-state index in [9.17, 15) is 4.39 Å². The van der Waals surface area contributed by atoms with Gasteiger partial charge in [0.1, 0.15) is 11.6 Å². The number of aryl methyl sites for hydroxylation is 1. The summed E-state index contributed by atoms with van der Waals surface area (Å²) < 4.78 is 15.7. The van der Waals surface area contributed by atoms with Gasteiger partial charge in [-0.05, 0) is 23.3 Å². The summed E-state index contributed by atoms with van der Waals surface area (Å²) in [5.41, 5.74) is 3.11. The molecule has 0 aliphatic heterocycles. The summed E-state index contributed by atoms with van der Waals surface area (Å²) in [6.45, 7) is 0.722. The fraction of sp³-hybridized carbons (Fsp3) is 0.190. The standard InChI is InChI=1S/C21H20FN5S/c22-18-8-4-7-17(11-18)12-20-25-26-21(28-14-16-5-2-1-3-6-16)27(20)10-9-19-13-23-15-24-19/h1-8,11,13,15H,9-10,12,14H2,(H,23,24). The molecule has 7 heteroatoms. The van der Waals surface area contributed by atoms with Crippen molar-refractivity contribution in [3.05, 3.63) is 95.6 Å². The van der Waals surface area contributed by atoms with Crippen molar-refractivity contribution < 1.29 is 4.39 Å². The summed E-state index contributed by atoms with van der Waals surface area (Å²) in [7, 11) is 0. The second kappa shape index (κ2) is 8.84. The summed E-state index contributed by atoms with van der Waals surface area (Å²) in [6, 6.07) is 16.9. The third-order valence-corrected chi connectivity index (χ3v) is 5.44. The van der Waals surface area contributed by atoms with Gasteiger partial charge in [0, 0.05) is 31.3 Å². The molecule has 0 saturated heterocycles. The zero-order chi connectivity index (χ0) is 19.2. The Labute approximate surface area is 167 Å². The minimum atomic E-state index is -0.237. The van der Waals surface area contributed by atoms with Crippen LogP contribution in [-0.2, 0) is 25.1 Å². The van der Waals surface area contributed by atoms with Crippen LogP contribution in [0.2, 0.25) is 0 Å². The molecule has 5 nitrogen and oxygen atoms in total. The van der Waals surface area contributed by atoms with Crippen molar-refractivity contribution >= 4 is 11.8 Å². The van der Waals surface area contributed by atoms with Crippen molar-refractivity contribution in [2.45, 2.75) is 30.3 Å². The quantitative estimate of drug-likeness (QED) is 0.454. The van der Waals surface area contributed by atoms with E-state index in [2.05, 4.69) is 36.9 Å². The highest BCUT2D eigenvalue weighted by Crippen LogP contribution is 2.23. The Morgan fingerprint density at radius 2 is 1.86 bits per heavy atom.